The molecule has 0 heterocycles. The molecular formula is C33H59ClN2O2. The standard InChI is InChI=1S/C33H58N2O2.ClH/c1-23(2)10-9-11-24(3)28-14-15-29-27-13-12-25-22-26(37-31(36)34-20-21-35(6,7)8)16-18-32(25,4)30(27)17-19-33(28,29)5;/h12,23-24,26-30H,9-11,13-22H2,1-8H3;1H. The molecule has 38 heavy (non-hydrogen) atoms. The lowest BCUT2D eigenvalue weighted by Gasteiger charge is -2.58. The summed E-state index contributed by atoms with van der Waals surface area (Å²) in [4.78, 5) is 12.5. The van der Waals surface area contributed by atoms with Crippen molar-refractivity contribution in [1.29, 1.82) is 0 Å². The first kappa shape index (κ1) is 31.8. The molecule has 0 aromatic carbocycles. The molecule has 4 rings (SSSR count). The highest BCUT2D eigenvalue weighted by atomic mass is 35.5. The van der Waals surface area contributed by atoms with Gasteiger partial charge in [-0.25, -0.2) is 4.79 Å². The number of alkyl carbamates (subject to hydrolysis) is 1. The molecule has 220 valence electrons. The predicted molar refractivity (Wildman–Crippen MR) is 154 cm³/mol. The van der Waals surface area contributed by atoms with E-state index in [1.54, 1.807) is 5.57 Å². The maximum Gasteiger partial charge on any atom is 0.407 e. The van der Waals surface area contributed by atoms with Crippen molar-refractivity contribution < 1.29 is 26.4 Å². The van der Waals surface area contributed by atoms with Crippen LogP contribution >= 0.6 is 0 Å². The molecule has 0 aromatic rings. The van der Waals surface area contributed by atoms with Gasteiger partial charge in [0.05, 0.1) is 34.2 Å². The molecule has 0 aromatic heterocycles. The van der Waals surface area contributed by atoms with Gasteiger partial charge in [-0.1, -0.05) is 65.5 Å². The van der Waals surface area contributed by atoms with Crippen LogP contribution in [0.3, 0.4) is 0 Å². The highest BCUT2D eigenvalue weighted by Gasteiger charge is 2.59. The number of carbonyl (C=O) groups excluding carboxylic acids is 1. The van der Waals surface area contributed by atoms with E-state index >= 15 is 0 Å². The summed E-state index contributed by atoms with van der Waals surface area (Å²) in [6.07, 6.45) is 16.8. The van der Waals surface area contributed by atoms with Crippen molar-refractivity contribution in [3.8, 4) is 0 Å². The number of hydrogen-bond donors (Lipinski definition) is 1. The van der Waals surface area contributed by atoms with Gasteiger partial charge in [0.25, 0.3) is 0 Å². The Bertz CT molecular complexity index is 835. The maximum absolute atomic E-state index is 12.5. The largest absolute Gasteiger partial charge is 1.00 e. The summed E-state index contributed by atoms with van der Waals surface area (Å²) in [5.74, 6) is 5.21. The van der Waals surface area contributed by atoms with E-state index in [0.29, 0.717) is 17.4 Å². The highest BCUT2D eigenvalue weighted by Crippen LogP contribution is 2.67. The molecule has 0 bridgehead atoms. The number of nitrogens with one attached hydrogen (secondary N) is 1. The maximum atomic E-state index is 12.5. The van der Waals surface area contributed by atoms with E-state index in [1.165, 1.54) is 57.8 Å². The zero-order valence-corrected chi connectivity index (χ0v) is 26.7. The third-order valence-electron chi connectivity index (χ3n) is 11.6. The molecule has 3 saturated carbocycles. The van der Waals surface area contributed by atoms with Crippen LogP contribution in [0.25, 0.3) is 0 Å². The Morgan fingerprint density at radius 2 is 1.79 bits per heavy atom. The van der Waals surface area contributed by atoms with Gasteiger partial charge in [0.1, 0.15) is 6.10 Å². The number of ether oxygens (including phenoxy) is 1. The molecule has 1 amide bonds. The lowest BCUT2D eigenvalue weighted by Crippen LogP contribution is -3.00. The normalized spacial score (nSPS) is 37.3. The predicted octanol–water partition coefficient (Wildman–Crippen LogP) is 4.83. The van der Waals surface area contributed by atoms with Gasteiger partial charge in [0.15, 0.2) is 0 Å². The molecule has 4 aliphatic carbocycles. The molecule has 0 aliphatic heterocycles. The van der Waals surface area contributed by atoms with E-state index in [0.717, 1.165) is 59.4 Å². The molecule has 5 heteroatoms. The Labute approximate surface area is 241 Å². The molecule has 8 unspecified atom stereocenters. The summed E-state index contributed by atoms with van der Waals surface area (Å²) in [5.41, 5.74) is 2.46. The van der Waals surface area contributed by atoms with Gasteiger partial charge in [-0.3, -0.25) is 0 Å². The molecular weight excluding hydrogens is 492 g/mol. The molecule has 3 fully saturated rings. The smallest absolute Gasteiger partial charge is 0.407 e. The number of halogens is 1. The topological polar surface area (TPSA) is 38.3 Å². The van der Waals surface area contributed by atoms with Crippen molar-refractivity contribution in [2.24, 2.45) is 46.3 Å². The van der Waals surface area contributed by atoms with Gasteiger partial charge >= 0.3 is 6.09 Å². The number of likely N-dealkylation sites (N-methyl/N-ethyl adjacent to an activating group) is 1. The number of allylic oxidation sites excluding steroid dienone is 1. The lowest BCUT2D eigenvalue weighted by molar-refractivity contribution is -0.869. The Balaban J connectivity index is 0.00000400. The van der Waals surface area contributed by atoms with Gasteiger partial charge in [0, 0.05) is 6.42 Å². The fraction of sp³-hybridized carbons (Fsp3) is 0.909. The van der Waals surface area contributed by atoms with E-state index in [9.17, 15) is 4.79 Å². The third-order valence-corrected chi connectivity index (χ3v) is 11.6. The van der Waals surface area contributed by atoms with Crippen molar-refractivity contribution in [1.82, 2.24) is 5.32 Å². The van der Waals surface area contributed by atoms with Gasteiger partial charge in [-0.05, 0) is 91.3 Å². The first-order valence-electron chi connectivity index (χ1n) is 15.8. The van der Waals surface area contributed by atoms with Gasteiger partial charge < -0.3 is 26.9 Å². The Hall–Kier alpha value is -0.740. The molecule has 8 atom stereocenters. The highest BCUT2D eigenvalue weighted by molar-refractivity contribution is 5.67. The molecule has 4 nitrogen and oxygen atoms in total. The quantitative estimate of drug-likeness (QED) is 0.330. The molecule has 0 radical (unpaired) electrons. The minimum absolute atomic E-state index is 0. The summed E-state index contributed by atoms with van der Waals surface area (Å²) in [6, 6.07) is 0. The summed E-state index contributed by atoms with van der Waals surface area (Å²) < 4.78 is 6.75. The van der Waals surface area contributed by atoms with Crippen molar-refractivity contribution in [3.05, 3.63) is 11.6 Å². The van der Waals surface area contributed by atoms with Crippen LogP contribution in [0.5, 0.6) is 0 Å². The summed E-state index contributed by atoms with van der Waals surface area (Å²) >= 11 is 0. The minimum Gasteiger partial charge on any atom is -1.00 e. The SMILES string of the molecule is CC(C)CCCC(C)C1CCC2C3CC=C4CC(OC(=O)NCC[N+](C)(C)C)CCC4(C)C3CCC12C.[Cl-]. The fourth-order valence-electron chi connectivity index (χ4n) is 9.44. The van der Waals surface area contributed by atoms with Gasteiger partial charge in [-0.2, -0.15) is 0 Å². The van der Waals surface area contributed by atoms with Crippen LogP contribution in [0.1, 0.15) is 105 Å². The number of fused-ring (bicyclic) bond motifs is 5. The second kappa shape index (κ2) is 12.4. The van der Waals surface area contributed by atoms with Crippen LogP contribution in [0.15, 0.2) is 11.6 Å². The molecule has 0 spiro atoms. The van der Waals surface area contributed by atoms with Crippen LogP contribution in [0, 0.1) is 46.3 Å². The van der Waals surface area contributed by atoms with Crippen molar-refractivity contribution >= 4 is 6.09 Å². The average molecular weight is 551 g/mol. The number of hydrogen-bond acceptors (Lipinski definition) is 2. The number of amides is 1. The summed E-state index contributed by atoms with van der Waals surface area (Å²) in [5, 5.41) is 2.98. The van der Waals surface area contributed by atoms with E-state index < -0.39 is 0 Å². The summed E-state index contributed by atoms with van der Waals surface area (Å²) in [6.45, 7) is 14.1. The van der Waals surface area contributed by atoms with Crippen LogP contribution in [0.2, 0.25) is 0 Å². The second-order valence-electron chi connectivity index (χ2n) is 15.5. The molecule has 4 aliphatic rings. The Kier molecular flexibility index (Phi) is 10.4. The first-order valence-corrected chi connectivity index (χ1v) is 15.8. The third kappa shape index (κ3) is 6.76. The Morgan fingerprint density at radius 3 is 2.47 bits per heavy atom. The van der Waals surface area contributed by atoms with Gasteiger partial charge in [0.2, 0.25) is 0 Å². The fourth-order valence-corrected chi connectivity index (χ4v) is 9.44. The minimum atomic E-state index is -0.232. The average Bonchev–Trinajstić information content (AvgIpc) is 3.15. The van der Waals surface area contributed by atoms with Crippen LogP contribution in [-0.4, -0.2) is 50.9 Å². The zero-order chi connectivity index (χ0) is 27.0. The van der Waals surface area contributed by atoms with Crippen molar-refractivity contribution in [2.45, 2.75) is 111 Å². The number of nitrogens with zero attached hydrogens (tertiary/aromatic N) is 1. The number of carbonyl (C=O) groups is 1. The van der Waals surface area contributed by atoms with E-state index in [2.05, 4.69) is 67.2 Å². The van der Waals surface area contributed by atoms with Crippen LogP contribution in [-0.2, 0) is 4.74 Å². The van der Waals surface area contributed by atoms with Crippen LogP contribution < -0.4 is 17.7 Å². The number of rotatable bonds is 9. The lowest BCUT2D eigenvalue weighted by atomic mass is 9.47. The van der Waals surface area contributed by atoms with E-state index in [4.69, 9.17) is 4.74 Å². The second-order valence-corrected chi connectivity index (χ2v) is 15.5. The molecule has 0 saturated heterocycles. The van der Waals surface area contributed by atoms with Crippen molar-refractivity contribution in [2.75, 3.05) is 34.2 Å². The summed E-state index contributed by atoms with van der Waals surface area (Å²) in [7, 11) is 6.43. The monoisotopic (exact) mass is 550 g/mol. The van der Waals surface area contributed by atoms with Gasteiger partial charge in [-0.15, -0.1) is 0 Å². The molecule has 1 N–H and O–H groups in total. The van der Waals surface area contributed by atoms with E-state index in [-0.39, 0.29) is 24.6 Å². The van der Waals surface area contributed by atoms with Crippen molar-refractivity contribution in [3.63, 3.8) is 0 Å². The van der Waals surface area contributed by atoms with Crippen LogP contribution in [0.4, 0.5) is 4.79 Å². The van der Waals surface area contributed by atoms with E-state index in [1.807, 2.05) is 0 Å². The zero-order valence-electron chi connectivity index (χ0n) is 26.0. The Morgan fingerprint density at radius 1 is 1.05 bits per heavy atom. The number of quaternary nitrogens is 1. The first-order chi connectivity index (χ1) is 17.3.